The highest BCUT2D eigenvalue weighted by molar-refractivity contribution is 6.31. The van der Waals surface area contributed by atoms with Crippen molar-refractivity contribution in [2.75, 3.05) is 31.1 Å². The maximum Gasteiger partial charge on any atom is 0.405 e. The second-order valence-corrected chi connectivity index (χ2v) is 9.03. The van der Waals surface area contributed by atoms with E-state index in [1.807, 2.05) is 5.32 Å². The molecule has 2 N–H and O–H groups in total. The summed E-state index contributed by atoms with van der Waals surface area (Å²) in [7, 11) is 0. The summed E-state index contributed by atoms with van der Waals surface area (Å²) < 4.78 is 38.3. The zero-order chi connectivity index (χ0) is 24.7. The number of aromatic nitrogens is 4. The molecule has 1 aliphatic heterocycles. The first-order valence-corrected chi connectivity index (χ1v) is 11.4. The zero-order valence-corrected chi connectivity index (χ0v) is 19.1. The van der Waals surface area contributed by atoms with Crippen molar-refractivity contribution in [3.05, 3.63) is 35.7 Å². The summed E-state index contributed by atoms with van der Waals surface area (Å²) in [6.45, 7) is -0.902. The Hall–Kier alpha value is -3.41. The monoisotopic (exact) mass is 509 g/mol. The molecule has 1 aliphatic carbocycles. The fourth-order valence-corrected chi connectivity index (χ4v) is 4.34. The average Bonchev–Trinajstić information content (AvgIpc) is 3.61. The number of H-pyrrole nitrogens is 1. The highest BCUT2D eigenvalue weighted by atomic mass is 35.5. The number of hydrogen-bond donors (Lipinski definition) is 2. The van der Waals surface area contributed by atoms with Crippen LogP contribution in [0.2, 0.25) is 5.02 Å². The Labute approximate surface area is 204 Å². The van der Waals surface area contributed by atoms with Crippen LogP contribution in [0.15, 0.2) is 30.7 Å². The molecule has 0 aromatic carbocycles. The van der Waals surface area contributed by atoms with E-state index < -0.39 is 24.7 Å². The van der Waals surface area contributed by atoms with E-state index in [1.54, 1.807) is 28.1 Å². The number of piperazine rings is 1. The molecule has 1 atom stereocenters. The van der Waals surface area contributed by atoms with Gasteiger partial charge in [-0.15, -0.1) is 0 Å². The van der Waals surface area contributed by atoms with E-state index in [0.29, 0.717) is 39.8 Å². The third kappa shape index (κ3) is 5.02. The van der Waals surface area contributed by atoms with Crippen LogP contribution in [0.25, 0.3) is 22.4 Å². The first-order chi connectivity index (χ1) is 16.7. The summed E-state index contributed by atoms with van der Waals surface area (Å²) in [5.74, 6) is -0.245. The van der Waals surface area contributed by atoms with Gasteiger partial charge in [-0.3, -0.25) is 9.59 Å². The number of rotatable bonds is 5. The van der Waals surface area contributed by atoms with E-state index >= 15 is 0 Å². The lowest BCUT2D eigenvalue weighted by Crippen LogP contribution is -2.61. The third-order valence-electron chi connectivity index (χ3n) is 6.06. The van der Waals surface area contributed by atoms with Gasteiger partial charge in [-0.05, 0) is 25.0 Å². The number of hydrogen-bond acceptors (Lipinski definition) is 6. The van der Waals surface area contributed by atoms with Gasteiger partial charge in [0, 0.05) is 50.0 Å². The molecule has 13 heteroatoms. The topological polar surface area (TPSA) is 107 Å². The molecule has 0 bridgehead atoms. The molecule has 2 fully saturated rings. The average molecular weight is 510 g/mol. The number of aromatic amines is 1. The first-order valence-electron chi connectivity index (χ1n) is 11.1. The second kappa shape index (κ2) is 8.99. The number of pyridine rings is 1. The highest BCUT2D eigenvalue weighted by Crippen LogP contribution is 2.33. The molecule has 1 saturated carbocycles. The molecule has 1 saturated heterocycles. The van der Waals surface area contributed by atoms with Crippen LogP contribution in [0.4, 0.5) is 19.0 Å². The minimum absolute atomic E-state index is 0. The molecular formula is C22H23ClF3N7O2. The van der Waals surface area contributed by atoms with Gasteiger partial charge >= 0.3 is 6.18 Å². The summed E-state index contributed by atoms with van der Waals surface area (Å²) in [6, 6.07) is 2.28. The quantitative estimate of drug-likeness (QED) is 0.547. The lowest BCUT2D eigenvalue weighted by atomic mass is 10.1. The van der Waals surface area contributed by atoms with Crippen LogP contribution in [0.1, 0.15) is 14.3 Å². The first kappa shape index (κ1) is 23.3. The molecule has 3 aromatic rings. The Morgan fingerprint density at radius 1 is 1.26 bits per heavy atom. The number of halogens is 4. The predicted octanol–water partition coefficient (Wildman–Crippen LogP) is 3.03. The zero-order valence-electron chi connectivity index (χ0n) is 18.3. The fourth-order valence-electron chi connectivity index (χ4n) is 4.18. The van der Waals surface area contributed by atoms with E-state index in [0.717, 1.165) is 12.8 Å². The maximum absolute atomic E-state index is 12.8. The Morgan fingerprint density at radius 2 is 2.06 bits per heavy atom. The van der Waals surface area contributed by atoms with Crippen molar-refractivity contribution in [2.24, 2.45) is 5.92 Å². The van der Waals surface area contributed by atoms with E-state index in [1.165, 1.54) is 12.4 Å². The number of carbonyl (C=O) groups is 2. The molecule has 5 rings (SSSR count). The van der Waals surface area contributed by atoms with Gasteiger partial charge in [-0.1, -0.05) is 11.6 Å². The van der Waals surface area contributed by atoms with Crippen molar-refractivity contribution in [3.63, 3.8) is 0 Å². The molecule has 186 valence electrons. The van der Waals surface area contributed by atoms with Gasteiger partial charge in [0.05, 0.1) is 11.6 Å². The van der Waals surface area contributed by atoms with Crippen molar-refractivity contribution in [1.29, 1.82) is 0 Å². The van der Waals surface area contributed by atoms with E-state index in [-0.39, 0.29) is 26.3 Å². The van der Waals surface area contributed by atoms with Crippen LogP contribution in [-0.2, 0) is 9.59 Å². The van der Waals surface area contributed by atoms with E-state index in [4.69, 9.17) is 11.6 Å². The van der Waals surface area contributed by atoms with Crippen LogP contribution in [0, 0.1) is 5.92 Å². The predicted molar refractivity (Wildman–Crippen MR) is 124 cm³/mol. The van der Waals surface area contributed by atoms with Crippen molar-refractivity contribution < 1.29 is 24.2 Å². The molecule has 3 aromatic heterocycles. The normalized spacial score (nSPS) is 18.7. The third-order valence-corrected chi connectivity index (χ3v) is 6.26. The van der Waals surface area contributed by atoms with Crippen molar-refractivity contribution in [2.45, 2.75) is 25.1 Å². The molecule has 9 nitrogen and oxygen atoms in total. The van der Waals surface area contributed by atoms with Gasteiger partial charge in [0.25, 0.3) is 0 Å². The summed E-state index contributed by atoms with van der Waals surface area (Å²) >= 11 is 6.09. The number of alkyl halides is 3. The molecule has 0 radical (unpaired) electrons. The Balaban J connectivity index is 0.00000304. The van der Waals surface area contributed by atoms with Crippen LogP contribution in [0.5, 0.6) is 0 Å². The van der Waals surface area contributed by atoms with Gasteiger partial charge in [0.1, 0.15) is 24.1 Å². The summed E-state index contributed by atoms with van der Waals surface area (Å²) in [5.41, 5.74) is 1.23. The van der Waals surface area contributed by atoms with Crippen LogP contribution >= 0.6 is 11.6 Å². The molecular weight excluding hydrogens is 487 g/mol. The SMILES string of the molecule is O=C(NCC(F)(F)F)[C@H]1CN(C(=O)C2CC2)CCN1c1ccnc(-c2c[nH]c3ncc(Cl)cc23)n1.[HH]. The number of nitrogens with one attached hydrogen (secondary N) is 2. The maximum atomic E-state index is 12.8. The van der Waals surface area contributed by atoms with Gasteiger partial charge in [-0.25, -0.2) is 15.0 Å². The van der Waals surface area contributed by atoms with Crippen molar-refractivity contribution in [1.82, 2.24) is 30.2 Å². The van der Waals surface area contributed by atoms with Gasteiger partial charge in [-0.2, -0.15) is 13.2 Å². The van der Waals surface area contributed by atoms with Crippen LogP contribution in [0.3, 0.4) is 0 Å². The Morgan fingerprint density at radius 3 is 2.80 bits per heavy atom. The number of fused-ring (bicyclic) bond motifs is 1. The number of carbonyl (C=O) groups excluding carboxylic acids is 2. The van der Waals surface area contributed by atoms with Gasteiger partial charge < -0.3 is 20.1 Å². The molecule has 2 amide bonds. The van der Waals surface area contributed by atoms with Gasteiger partial charge in [0.2, 0.25) is 11.8 Å². The molecule has 0 unspecified atom stereocenters. The van der Waals surface area contributed by atoms with Gasteiger partial charge in [0.15, 0.2) is 5.82 Å². The summed E-state index contributed by atoms with van der Waals surface area (Å²) in [6.07, 6.45) is 1.75. The standard InChI is InChI=1S/C22H21ClF3N7O2.H2/c23-13-7-14-15(9-29-18(14)28-8-13)19-27-4-3-17(31-19)33-6-5-32(21(35)12-1-2-12)10-16(33)20(34)30-11-22(24,25)26;/h3-4,7-9,12,16H,1-2,5-6,10-11H2,(H,28,29)(H,30,34);1H/t16-;/m1./s1. The fraction of sp³-hybridized carbons (Fsp3) is 0.409. The Kier molecular flexibility index (Phi) is 5.99. The number of anilines is 1. The Bertz CT molecular complexity index is 1280. The van der Waals surface area contributed by atoms with E-state index in [2.05, 4.69) is 19.9 Å². The highest BCUT2D eigenvalue weighted by Gasteiger charge is 2.40. The minimum atomic E-state index is -4.55. The molecule has 35 heavy (non-hydrogen) atoms. The van der Waals surface area contributed by atoms with Crippen LogP contribution < -0.4 is 10.2 Å². The van der Waals surface area contributed by atoms with Crippen LogP contribution in [-0.4, -0.2) is 75.0 Å². The largest absolute Gasteiger partial charge is 0.405 e. The molecule has 2 aliphatic rings. The molecule has 4 heterocycles. The van der Waals surface area contributed by atoms with Crippen molar-refractivity contribution in [3.8, 4) is 11.4 Å². The number of amides is 2. The van der Waals surface area contributed by atoms with E-state index in [9.17, 15) is 22.8 Å². The lowest BCUT2D eigenvalue weighted by molar-refractivity contribution is -0.141. The summed E-state index contributed by atoms with van der Waals surface area (Å²) in [4.78, 5) is 44.8. The van der Waals surface area contributed by atoms with Crippen molar-refractivity contribution >= 4 is 40.3 Å². The minimum Gasteiger partial charge on any atom is -0.345 e. The molecule has 0 spiro atoms. The lowest BCUT2D eigenvalue weighted by Gasteiger charge is -2.41. The smallest absolute Gasteiger partial charge is 0.345 e. The number of nitrogens with zero attached hydrogens (tertiary/aromatic N) is 5. The second-order valence-electron chi connectivity index (χ2n) is 8.59. The summed E-state index contributed by atoms with van der Waals surface area (Å²) in [5, 5.41) is 3.09.